The molecule has 2 aliphatic carbocycles. The first kappa shape index (κ1) is 28.1. The van der Waals surface area contributed by atoms with Crippen molar-refractivity contribution in [3.63, 3.8) is 0 Å². The Kier molecular flexibility index (Phi) is 6.90. The molecule has 0 radical (unpaired) electrons. The van der Waals surface area contributed by atoms with Gasteiger partial charge in [0.1, 0.15) is 17.9 Å². The summed E-state index contributed by atoms with van der Waals surface area (Å²) in [4.78, 5) is 55.2. The van der Waals surface area contributed by atoms with Gasteiger partial charge in [0.05, 0.1) is 20.6 Å². The molecule has 13 heteroatoms. The highest BCUT2D eigenvalue weighted by molar-refractivity contribution is 7.92. The van der Waals surface area contributed by atoms with Crippen molar-refractivity contribution in [3.8, 4) is 0 Å². The fraction of sp³-hybridized carbons (Fsp3) is 0.429. The van der Waals surface area contributed by atoms with Crippen molar-refractivity contribution in [3.05, 3.63) is 63.9 Å². The first-order chi connectivity index (χ1) is 19.4. The summed E-state index contributed by atoms with van der Waals surface area (Å²) in [5.74, 6) is -3.40. The maximum absolute atomic E-state index is 15.0. The van der Waals surface area contributed by atoms with Crippen LogP contribution < -0.4 is 5.32 Å². The molecule has 2 saturated carbocycles. The van der Waals surface area contributed by atoms with Crippen molar-refractivity contribution >= 4 is 56.5 Å². The first-order valence-corrected chi connectivity index (χ1v) is 15.6. The van der Waals surface area contributed by atoms with Gasteiger partial charge in [-0.05, 0) is 56.4 Å². The normalized spacial score (nSPS) is 25.5. The molecule has 216 valence electrons. The Hall–Kier alpha value is -3.02. The third-order valence-corrected chi connectivity index (χ3v) is 11.4. The Labute approximate surface area is 245 Å². The van der Waals surface area contributed by atoms with Crippen LogP contribution in [0.15, 0.2) is 47.4 Å². The Morgan fingerprint density at radius 3 is 2.37 bits per heavy atom. The van der Waals surface area contributed by atoms with Gasteiger partial charge in [0, 0.05) is 29.7 Å². The minimum Gasteiger partial charge on any atom is -0.342 e. The van der Waals surface area contributed by atoms with Crippen molar-refractivity contribution in [1.82, 2.24) is 15.1 Å². The number of likely N-dealkylation sites (tertiary alicyclic amines) is 2. The van der Waals surface area contributed by atoms with Gasteiger partial charge in [-0.15, -0.1) is 0 Å². The molecule has 4 aliphatic rings. The van der Waals surface area contributed by atoms with Crippen LogP contribution >= 0.6 is 23.2 Å². The highest BCUT2D eigenvalue weighted by Crippen LogP contribution is 2.52. The van der Waals surface area contributed by atoms with E-state index in [0.29, 0.717) is 12.8 Å². The highest BCUT2D eigenvalue weighted by atomic mass is 35.5. The van der Waals surface area contributed by atoms with E-state index in [9.17, 15) is 32.0 Å². The predicted octanol–water partition coefficient (Wildman–Crippen LogP) is 2.67. The van der Waals surface area contributed by atoms with Crippen LogP contribution in [0.25, 0.3) is 0 Å². The SMILES string of the molecule is O=C1C(=O)N(C2CC2)C[C@@H]1NC(=O)[C@@H]1C[C@@H](S(=O)(=O)c2ccccc2Cl)CN1C(=O)C1(c2ccc(Cl)cc2F)CC1. The number of carbonyl (C=O) groups excluding carboxylic acids is 4. The highest BCUT2D eigenvalue weighted by Gasteiger charge is 2.58. The van der Waals surface area contributed by atoms with E-state index in [-0.39, 0.29) is 46.1 Å². The summed E-state index contributed by atoms with van der Waals surface area (Å²) < 4.78 is 42.3. The first-order valence-electron chi connectivity index (χ1n) is 13.3. The molecule has 6 rings (SSSR count). The van der Waals surface area contributed by atoms with Crippen LogP contribution in [-0.4, -0.2) is 78.2 Å². The summed E-state index contributed by atoms with van der Waals surface area (Å²) in [7, 11) is -4.09. The van der Waals surface area contributed by atoms with Gasteiger partial charge in [-0.3, -0.25) is 19.2 Å². The molecule has 9 nitrogen and oxygen atoms in total. The Morgan fingerprint density at radius 1 is 1.02 bits per heavy atom. The zero-order chi connectivity index (χ0) is 29.3. The maximum Gasteiger partial charge on any atom is 0.292 e. The van der Waals surface area contributed by atoms with Crippen molar-refractivity contribution < 1.29 is 32.0 Å². The Morgan fingerprint density at radius 2 is 1.73 bits per heavy atom. The molecule has 0 spiro atoms. The van der Waals surface area contributed by atoms with Gasteiger partial charge >= 0.3 is 0 Å². The van der Waals surface area contributed by atoms with Crippen molar-refractivity contribution in [2.75, 3.05) is 13.1 Å². The smallest absolute Gasteiger partial charge is 0.292 e. The molecule has 3 atom stereocenters. The third kappa shape index (κ3) is 4.81. The van der Waals surface area contributed by atoms with Crippen LogP contribution in [0.3, 0.4) is 0 Å². The molecule has 0 aromatic heterocycles. The van der Waals surface area contributed by atoms with Gasteiger partial charge in [-0.1, -0.05) is 41.4 Å². The number of ketones is 1. The lowest BCUT2D eigenvalue weighted by molar-refractivity contribution is -0.142. The average Bonchev–Trinajstić information content (AvgIpc) is 3.86. The Bertz CT molecular complexity index is 1590. The standard InChI is InChI=1S/C28H26Cl2FN3O6S/c29-15-5-8-18(20(31)11-15)28(9-10-28)27(38)34-13-17(41(39,40)23-4-2-1-3-19(23)30)12-22(34)25(36)32-21-14-33(16-6-7-16)26(37)24(21)35/h1-5,8,11,16-17,21-22H,6-7,9-10,12-14H2,(H,32,36)/t17-,21+,22+/m1/s1. The number of carbonyl (C=O) groups is 4. The molecule has 3 amide bonds. The van der Waals surface area contributed by atoms with Crippen molar-refractivity contribution in [2.24, 2.45) is 0 Å². The van der Waals surface area contributed by atoms with Gasteiger partial charge in [0.15, 0.2) is 9.84 Å². The quantitative estimate of drug-likeness (QED) is 0.475. The lowest BCUT2D eigenvalue weighted by atomic mass is 9.93. The van der Waals surface area contributed by atoms with Crippen LogP contribution in [0.5, 0.6) is 0 Å². The van der Waals surface area contributed by atoms with E-state index >= 15 is 0 Å². The molecule has 2 heterocycles. The van der Waals surface area contributed by atoms with Gasteiger partial charge in [0.2, 0.25) is 17.6 Å². The molecule has 0 bridgehead atoms. The summed E-state index contributed by atoms with van der Waals surface area (Å²) in [6.45, 7) is -0.302. The zero-order valence-corrected chi connectivity index (χ0v) is 24.0. The van der Waals surface area contributed by atoms with Crippen LogP contribution in [0, 0.1) is 5.82 Å². The van der Waals surface area contributed by atoms with Crippen LogP contribution in [0.1, 0.15) is 37.7 Å². The minimum absolute atomic E-state index is 0.00964. The molecule has 41 heavy (non-hydrogen) atoms. The molecular weight excluding hydrogens is 596 g/mol. The molecule has 0 unspecified atom stereocenters. The second-order valence-corrected chi connectivity index (χ2v) is 14.2. The topological polar surface area (TPSA) is 121 Å². The number of benzene rings is 2. The number of halogens is 3. The van der Waals surface area contributed by atoms with Crippen molar-refractivity contribution in [1.29, 1.82) is 0 Å². The molecule has 2 aromatic rings. The van der Waals surface area contributed by atoms with Gasteiger partial charge < -0.3 is 15.1 Å². The van der Waals surface area contributed by atoms with E-state index in [0.717, 1.165) is 18.9 Å². The number of nitrogens with zero attached hydrogens (tertiary/aromatic N) is 2. The van der Waals surface area contributed by atoms with Gasteiger partial charge in [-0.25, -0.2) is 12.8 Å². The van der Waals surface area contributed by atoms with E-state index in [1.54, 1.807) is 6.07 Å². The van der Waals surface area contributed by atoms with Crippen LogP contribution in [0.2, 0.25) is 10.0 Å². The lowest BCUT2D eigenvalue weighted by Crippen LogP contribution is -2.53. The summed E-state index contributed by atoms with van der Waals surface area (Å²) in [6.07, 6.45) is 1.93. The van der Waals surface area contributed by atoms with E-state index in [4.69, 9.17) is 23.2 Å². The van der Waals surface area contributed by atoms with Crippen LogP contribution in [0.4, 0.5) is 4.39 Å². The number of rotatable bonds is 7. The second-order valence-electron chi connectivity index (χ2n) is 11.1. The monoisotopic (exact) mass is 621 g/mol. The number of nitrogens with one attached hydrogen (secondary N) is 1. The number of hydrogen-bond acceptors (Lipinski definition) is 6. The molecule has 1 N–H and O–H groups in total. The summed E-state index contributed by atoms with van der Waals surface area (Å²) in [5, 5.41) is 1.58. The van der Waals surface area contributed by atoms with E-state index in [1.165, 1.54) is 40.1 Å². The molecule has 2 aliphatic heterocycles. The lowest BCUT2D eigenvalue weighted by Gasteiger charge is -2.29. The fourth-order valence-electron chi connectivity index (χ4n) is 5.96. The Balaban J connectivity index is 1.31. The predicted molar refractivity (Wildman–Crippen MR) is 147 cm³/mol. The van der Waals surface area contributed by atoms with Crippen molar-refractivity contribution in [2.45, 2.75) is 65.8 Å². The van der Waals surface area contributed by atoms with E-state index < -0.39 is 61.9 Å². The molecule has 2 saturated heterocycles. The number of amides is 3. The second kappa shape index (κ2) is 10.1. The van der Waals surface area contributed by atoms with Gasteiger partial charge in [-0.2, -0.15) is 0 Å². The number of Topliss-reactive ketones (excluding diaryl/α,β-unsaturated/α-hetero) is 1. The third-order valence-electron chi connectivity index (χ3n) is 8.49. The van der Waals surface area contributed by atoms with E-state index in [1.807, 2.05) is 0 Å². The largest absolute Gasteiger partial charge is 0.342 e. The zero-order valence-electron chi connectivity index (χ0n) is 21.7. The average molecular weight is 623 g/mol. The summed E-state index contributed by atoms with van der Waals surface area (Å²) in [6, 6.07) is 7.53. The number of sulfone groups is 1. The molecule has 4 fully saturated rings. The fourth-order valence-corrected chi connectivity index (χ4v) is 8.34. The summed E-state index contributed by atoms with van der Waals surface area (Å²) in [5.41, 5.74) is -1.14. The molecule has 2 aromatic carbocycles. The number of hydrogen-bond donors (Lipinski definition) is 1. The minimum atomic E-state index is -4.09. The molecular formula is C28H26Cl2FN3O6S. The van der Waals surface area contributed by atoms with Gasteiger partial charge in [0.25, 0.3) is 5.91 Å². The van der Waals surface area contributed by atoms with E-state index in [2.05, 4.69) is 5.32 Å². The van der Waals surface area contributed by atoms with Crippen LogP contribution in [-0.2, 0) is 34.4 Å². The maximum atomic E-state index is 15.0. The summed E-state index contributed by atoms with van der Waals surface area (Å²) >= 11 is 12.1.